The van der Waals surface area contributed by atoms with Gasteiger partial charge in [0.1, 0.15) is 6.61 Å². The number of nitrogens with one attached hydrogen (secondary N) is 1. The van der Waals surface area contributed by atoms with Gasteiger partial charge in [-0.25, -0.2) is 9.59 Å². The van der Waals surface area contributed by atoms with Crippen molar-refractivity contribution in [2.45, 2.75) is 70.8 Å². The van der Waals surface area contributed by atoms with Crippen molar-refractivity contribution in [3.05, 3.63) is 60.2 Å². The average molecular weight is 486 g/mol. The van der Waals surface area contributed by atoms with E-state index in [4.69, 9.17) is 18.9 Å². The van der Waals surface area contributed by atoms with Crippen LogP contribution in [0.2, 0.25) is 0 Å². The average Bonchev–Trinajstić information content (AvgIpc) is 3.39. The Kier molecular flexibility index (Phi) is 11.8. The van der Waals surface area contributed by atoms with Crippen LogP contribution in [0.3, 0.4) is 0 Å². The number of amides is 1. The minimum Gasteiger partial charge on any atom is -0.463 e. The standard InChI is InChI=1S/C28H39NO6/c1-2-3-5-12-23-13-8-14-25(29-28(31)35-21-22-10-6-4-7-11-22)24(23)16-17-26(30)32-18-9-15-27-33-19-20-34-27/h4,6-8,10-11,14,16-17,23-25,27H,2-3,5,9,12-13,15,18-21H2,1H3,(H,29,31)/b17-16+/t23-,24?,25?/m1/s1. The summed E-state index contributed by atoms with van der Waals surface area (Å²) in [6.07, 6.45) is 13.7. The van der Waals surface area contributed by atoms with Gasteiger partial charge < -0.3 is 24.3 Å². The second-order valence-corrected chi connectivity index (χ2v) is 9.07. The summed E-state index contributed by atoms with van der Waals surface area (Å²) in [6.45, 7) is 3.97. The Balaban J connectivity index is 1.52. The zero-order valence-electron chi connectivity index (χ0n) is 20.7. The molecule has 1 saturated heterocycles. The fraction of sp³-hybridized carbons (Fsp3) is 0.571. The van der Waals surface area contributed by atoms with Crippen molar-refractivity contribution in [2.24, 2.45) is 11.8 Å². The Bertz CT molecular complexity index is 818. The van der Waals surface area contributed by atoms with E-state index < -0.39 is 6.09 Å². The van der Waals surface area contributed by atoms with Crippen LogP contribution in [0, 0.1) is 11.8 Å². The number of rotatable bonds is 13. The molecule has 3 rings (SSSR count). The van der Waals surface area contributed by atoms with Gasteiger partial charge in [-0.3, -0.25) is 0 Å². The highest BCUT2D eigenvalue weighted by atomic mass is 16.7. The summed E-state index contributed by atoms with van der Waals surface area (Å²) in [5.41, 5.74) is 0.935. The molecule has 0 spiro atoms. The molecule has 3 atom stereocenters. The van der Waals surface area contributed by atoms with Gasteiger partial charge in [0.25, 0.3) is 0 Å². The molecule has 192 valence electrons. The molecule has 1 N–H and O–H groups in total. The molecule has 35 heavy (non-hydrogen) atoms. The van der Waals surface area contributed by atoms with E-state index in [2.05, 4.69) is 18.3 Å². The number of carbonyl (C=O) groups is 2. The van der Waals surface area contributed by atoms with Gasteiger partial charge >= 0.3 is 12.1 Å². The lowest BCUT2D eigenvalue weighted by Crippen LogP contribution is -2.43. The van der Waals surface area contributed by atoms with Crippen molar-refractivity contribution in [3.63, 3.8) is 0 Å². The van der Waals surface area contributed by atoms with E-state index in [1.807, 2.05) is 42.5 Å². The van der Waals surface area contributed by atoms with Crippen molar-refractivity contribution in [1.82, 2.24) is 5.32 Å². The van der Waals surface area contributed by atoms with E-state index in [9.17, 15) is 9.59 Å². The number of alkyl carbamates (subject to hydrolysis) is 1. The van der Waals surface area contributed by atoms with Crippen LogP contribution in [-0.2, 0) is 30.3 Å². The summed E-state index contributed by atoms with van der Waals surface area (Å²) in [5, 5.41) is 2.99. The summed E-state index contributed by atoms with van der Waals surface area (Å²) in [6, 6.07) is 9.36. The van der Waals surface area contributed by atoms with Gasteiger partial charge in [-0.15, -0.1) is 0 Å². The Morgan fingerprint density at radius 3 is 2.63 bits per heavy atom. The second-order valence-electron chi connectivity index (χ2n) is 9.07. The van der Waals surface area contributed by atoms with Gasteiger partial charge in [0.15, 0.2) is 6.29 Å². The third kappa shape index (κ3) is 9.86. The second kappa shape index (κ2) is 15.4. The summed E-state index contributed by atoms with van der Waals surface area (Å²) in [4.78, 5) is 24.9. The maximum Gasteiger partial charge on any atom is 0.407 e. The largest absolute Gasteiger partial charge is 0.463 e. The number of allylic oxidation sites excluding steroid dienone is 1. The fourth-order valence-corrected chi connectivity index (χ4v) is 4.50. The molecule has 7 nitrogen and oxygen atoms in total. The number of hydrogen-bond donors (Lipinski definition) is 1. The van der Waals surface area contributed by atoms with E-state index in [1.165, 1.54) is 12.5 Å². The highest BCUT2D eigenvalue weighted by Crippen LogP contribution is 2.31. The van der Waals surface area contributed by atoms with E-state index >= 15 is 0 Å². The van der Waals surface area contributed by atoms with E-state index in [1.54, 1.807) is 0 Å². The van der Waals surface area contributed by atoms with Crippen molar-refractivity contribution >= 4 is 12.1 Å². The highest BCUT2D eigenvalue weighted by molar-refractivity contribution is 5.82. The van der Waals surface area contributed by atoms with Crippen LogP contribution < -0.4 is 5.32 Å². The first-order valence-corrected chi connectivity index (χ1v) is 12.9. The predicted molar refractivity (Wildman–Crippen MR) is 133 cm³/mol. The van der Waals surface area contributed by atoms with Crippen LogP contribution in [0.5, 0.6) is 0 Å². The van der Waals surface area contributed by atoms with Crippen molar-refractivity contribution in [1.29, 1.82) is 0 Å². The molecule has 1 aromatic rings. The predicted octanol–water partition coefficient (Wildman–Crippen LogP) is 5.31. The van der Waals surface area contributed by atoms with Gasteiger partial charge in [0, 0.05) is 18.4 Å². The molecule has 1 heterocycles. The van der Waals surface area contributed by atoms with E-state index in [-0.39, 0.29) is 30.8 Å². The zero-order valence-corrected chi connectivity index (χ0v) is 20.7. The maximum absolute atomic E-state index is 12.5. The third-order valence-corrected chi connectivity index (χ3v) is 6.39. The molecule has 2 unspecified atom stereocenters. The Morgan fingerprint density at radius 1 is 1.06 bits per heavy atom. The molecular formula is C28H39NO6. The van der Waals surface area contributed by atoms with Gasteiger partial charge in [0.2, 0.25) is 0 Å². The highest BCUT2D eigenvalue weighted by Gasteiger charge is 2.30. The SMILES string of the molecule is CCCCC[C@@H]1CC=CC(NC(=O)OCc2ccccc2)C1/C=C/C(=O)OCCCC1OCCO1. The van der Waals surface area contributed by atoms with Gasteiger partial charge in [-0.1, -0.05) is 74.7 Å². The normalized spacial score (nSPS) is 22.4. The molecule has 0 radical (unpaired) electrons. The number of ether oxygens (including phenoxy) is 4. The smallest absolute Gasteiger partial charge is 0.407 e. The lowest BCUT2D eigenvalue weighted by Gasteiger charge is -2.33. The zero-order chi connectivity index (χ0) is 24.7. The first-order valence-electron chi connectivity index (χ1n) is 12.9. The quantitative estimate of drug-likeness (QED) is 0.177. The number of hydrogen-bond acceptors (Lipinski definition) is 6. The number of unbranched alkanes of at least 4 members (excludes halogenated alkanes) is 2. The lowest BCUT2D eigenvalue weighted by molar-refractivity contribution is -0.138. The fourth-order valence-electron chi connectivity index (χ4n) is 4.50. The summed E-state index contributed by atoms with van der Waals surface area (Å²) < 4.78 is 21.6. The van der Waals surface area contributed by atoms with Crippen molar-refractivity contribution in [3.8, 4) is 0 Å². The molecule has 1 aromatic carbocycles. The minimum atomic E-state index is -0.463. The number of esters is 1. The molecular weight excluding hydrogens is 446 g/mol. The number of carbonyl (C=O) groups excluding carboxylic acids is 2. The minimum absolute atomic E-state index is 0.00558. The molecule has 0 saturated carbocycles. The van der Waals surface area contributed by atoms with Gasteiger partial charge in [-0.05, 0) is 30.7 Å². The molecule has 1 fully saturated rings. The van der Waals surface area contributed by atoms with Crippen molar-refractivity contribution < 1.29 is 28.5 Å². The van der Waals surface area contributed by atoms with Crippen LogP contribution >= 0.6 is 0 Å². The van der Waals surface area contributed by atoms with Gasteiger partial charge in [-0.2, -0.15) is 0 Å². The Hall–Kier alpha value is -2.64. The molecule has 1 aliphatic heterocycles. The molecule has 1 amide bonds. The monoisotopic (exact) mass is 485 g/mol. The molecule has 0 aromatic heterocycles. The Labute approximate surface area is 208 Å². The van der Waals surface area contributed by atoms with Gasteiger partial charge in [0.05, 0.1) is 25.9 Å². The topological polar surface area (TPSA) is 83.1 Å². The van der Waals surface area contributed by atoms with Crippen LogP contribution in [0.15, 0.2) is 54.6 Å². The lowest BCUT2D eigenvalue weighted by atomic mass is 9.77. The first-order chi connectivity index (χ1) is 17.2. The maximum atomic E-state index is 12.5. The number of benzene rings is 1. The molecule has 7 heteroatoms. The molecule has 1 aliphatic carbocycles. The van der Waals surface area contributed by atoms with Crippen LogP contribution in [0.4, 0.5) is 4.79 Å². The summed E-state index contributed by atoms with van der Waals surface area (Å²) >= 11 is 0. The summed E-state index contributed by atoms with van der Waals surface area (Å²) in [7, 11) is 0. The Morgan fingerprint density at radius 2 is 1.86 bits per heavy atom. The molecule has 0 bridgehead atoms. The molecule has 2 aliphatic rings. The summed E-state index contributed by atoms with van der Waals surface area (Å²) in [5.74, 6) is -0.0359. The van der Waals surface area contributed by atoms with Crippen LogP contribution in [0.25, 0.3) is 0 Å². The van der Waals surface area contributed by atoms with Crippen LogP contribution in [0.1, 0.15) is 57.4 Å². The van der Waals surface area contributed by atoms with E-state index in [0.717, 1.165) is 31.2 Å². The van der Waals surface area contributed by atoms with Crippen LogP contribution in [-0.4, -0.2) is 44.2 Å². The van der Waals surface area contributed by atoms with E-state index in [0.29, 0.717) is 38.6 Å². The first kappa shape index (κ1) is 27.0. The third-order valence-electron chi connectivity index (χ3n) is 6.39. The van der Waals surface area contributed by atoms with Crippen molar-refractivity contribution in [2.75, 3.05) is 19.8 Å².